The van der Waals surface area contributed by atoms with Gasteiger partial charge in [0.15, 0.2) is 11.5 Å². The molecule has 1 aromatic heterocycles. The highest BCUT2D eigenvalue weighted by Gasteiger charge is 2.19. The standard InChI is InChI=1S/C21H29N3O3/c1-6-17(18-12-8-10-15(3)22-18)23-21(25)24(4)14-16-11-9-13-19(26-5)20(16)27-7-2/h8-13,17H,6-7,14H2,1-5H3,(H,23,25). The van der Waals surface area contributed by atoms with Crippen LogP contribution >= 0.6 is 0 Å². The molecule has 1 heterocycles. The van der Waals surface area contributed by atoms with Gasteiger partial charge in [0, 0.05) is 18.3 Å². The van der Waals surface area contributed by atoms with Crippen molar-refractivity contribution in [1.29, 1.82) is 0 Å². The molecular weight excluding hydrogens is 342 g/mol. The molecule has 6 nitrogen and oxygen atoms in total. The molecule has 0 fully saturated rings. The van der Waals surface area contributed by atoms with Gasteiger partial charge in [-0.2, -0.15) is 0 Å². The number of carbonyl (C=O) groups excluding carboxylic acids is 1. The fourth-order valence-electron chi connectivity index (χ4n) is 2.88. The summed E-state index contributed by atoms with van der Waals surface area (Å²) in [5.74, 6) is 1.34. The molecule has 2 aromatic rings. The largest absolute Gasteiger partial charge is 0.493 e. The van der Waals surface area contributed by atoms with E-state index in [4.69, 9.17) is 9.47 Å². The first-order chi connectivity index (χ1) is 13.0. The molecule has 0 aliphatic rings. The molecule has 0 saturated heterocycles. The van der Waals surface area contributed by atoms with Gasteiger partial charge in [-0.3, -0.25) is 4.98 Å². The fourth-order valence-corrected chi connectivity index (χ4v) is 2.88. The molecule has 2 rings (SSSR count). The van der Waals surface area contributed by atoms with Crippen molar-refractivity contribution < 1.29 is 14.3 Å². The molecule has 146 valence electrons. The van der Waals surface area contributed by atoms with Crippen LogP contribution < -0.4 is 14.8 Å². The highest BCUT2D eigenvalue weighted by Crippen LogP contribution is 2.31. The van der Waals surface area contributed by atoms with E-state index in [0.717, 1.165) is 23.4 Å². The first-order valence-electron chi connectivity index (χ1n) is 9.23. The molecule has 0 aliphatic carbocycles. The summed E-state index contributed by atoms with van der Waals surface area (Å²) in [5, 5.41) is 3.06. The smallest absolute Gasteiger partial charge is 0.317 e. The molecule has 2 amide bonds. The van der Waals surface area contributed by atoms with Gasteiger partial charge in [-0.1, -0.05) is 25.1 Å². The number of carbonyl (C=O) groups is 1. The number of hydrogen-bond donors (Lipinski definition) is 1. The Hall–Kier alpha value is -2.76. The van der Waals surface area contributed by atoms with Gasteiger partial charge in [0.25, 0.3) is 0 Å². The second kappa shape index (κ2) is 9.80. The predicted molar refractivity (Wildman–Crippen MR) is 106 cm³/mol. The van der Waals surface area contributed by atoms with E-state index in [1.807, 2.05) is 57.2 Å². The van der Waals surface area contributed by atoms with Gasteiger partial charge in [0.1, 0.15) is 0 Å². The number of benzene rings is 1. The Labute approximate surface area is 161 Å². The zero-order valence-electron chi connectivity index (χ0n) is 16.8. The topological polar surface area (TPSA) is 63.7 Å². The van der Waals surface area contributed by atoms with Crippen LogP contribution in [0.15, 0.2) is 36.4 Å². The van der Waals surface area contributed by atoms with Crippen molar-refractivity contribution in [1.82, 2.24) is 15.2 Å². The van der Waals surface area contributed by atoms with Crippen molar-refractivity contribution in [2.75, 3.05) is 20.8 Å². The van der Waals surface area contributed by atoms with Gasteiger partial charge < -0.3 is 19.7 Å². The maximum Gasteiger partial charge on any atom is 0.317 e. The zero-order chi connectivity index (χ0) is 19.8. The summed E-state index contributed by atoms with van der Waals surface area (Å²) in [4.78, 5) is 18.9. The number of hydrogen-bond acceptors (Lipinski definition) is 4. The first-order valence-corrected chi connectivity index (χ1v) is 9.23. The van der Waals surface area contributed by atoms with Gasteiger partial charge >= 0.3 is 6.03 Å². The van der Waals surface area contributed by atoms with Crippen molar-refractivity contribution in [3.8, 4) is 11.5 Å². The Morgan fingerprint density at radius 1 is 1.22 bits per heavy atom. The van der Waals surface area contributed by atoms with E-state index in [1.54, 1.807) is 19.1 Å². The lowest BCUT2D eigenvalue weighted by molar-refractivity contribution is 0.201. The van der Waals surface area contributed by atoms with Crippen LogP contribution in [-0.2, 0) is 6.54 Å². The molecule has 0 spiro atoms. The van der Waals surface area contributed by atoms with Crippen LogP contribution in [0.5, 0.6) is 11.5 Å². The van der Waals surface area contributed by atoms with Crippen molar-refractivity contribution in [3.63, 3.8) is 0 Å². The van der Waals surface area contributed by atoms with Crippen LogP contribution in [0.4, 0.5) is 4.79 Å². The van der Waals surface area contributed by atoms with E-state index in [2.05, 4.69) is 10.3 Å². The Morgan fingerprint density at radius 3 is 2.59 bits per heavy atom. The molecular formula is C21H29N3O3. The van der Waals surface area contributed by atoms with Gasteiger partial charge in [-0.15, -0.1) is 0 Å². The second-order valence-corrected chi connectivity index (χ2v) is 6.35. The number of nitrogens with zero attached hydrogens (tertiary/aromatic N) is 2. The summed E-state index contributed by atoms with van der Waals surface area (Å²) in [7, 11) is 3.37. The van der Waals surface area contributed by atoms with E-state index >= 15 is 0 Å². The fraction of sp³-hybridized carbons (Fsp3) is 0.429. The molecule has 6 heteroatoms. The quantitative estimate of drug-likeness (QED) is 0.759. The van der Waals surface area contributed by atoms with Crippen LogP contribution in [0.1, 0.15) is 43.3 Å². The van der Waals surface area contributed by atoms with E-state index in [1.165, 1.54) is 0 Å². The summed E-state index contributed by atoms with van der Waals surface area (Å²) in [6.45, 7) is 6.84. The van der Waals surface area contributed by atoms with E-state index < -0.39 is 0 Å². The summed E-state index contributed by atoms with van der Waals surface area (Å²) in [6.07, 6.45) is 0.763. The van der Waals surface area contributed by atoms with Gasteiger partial charge in [0.05, 0.1) is 32.0 Å². The number of rotatable bonds is 8. The van der Waals surface area contributed by atoms with E-state index in [0.29, 0.717) is 24.7 Å². The maximum absolute atomic E-state index is 12.7. The Bertz CT molecular complexity index is 764. The van der Waals surface area contributed by atoms with Gasteiger partial charge in [0.2, 0.25) is 0 Å². The molecule has 1 atom stereocenters. The molecule has 0 radical (unpaired) electrons. The number of para-hydroxylation sites is 1. The Morgan fingerprint density at radius 2 is 1.96 bits per heavy atom. The van der Waals surface area contributed by atoms with Crippen molar-refractivity contribution >= 4 is 6.03 Å². The molecule has 27 heavy (non-hydrogen) atoms. The highest BCUT2D eigenvalue weighted by molar-refractivity contribution is 5.74. The SMILES string of the molecule is CCOc1c(CN(C)C(=O)NC(CC)c2cccc(C)n2)cccc1OC. The minimum absolute atomic E-state index is 0.128. The number of aryl methyl sites for hydroxylation is 1. The summed E-state index contributed by atoms with van der Waals surface area (Å²) in [5.41, 5.74) is 2.71. The number of pyridine rings is 1. The highest BCUT2D eigenvalue weighted by atomic mass is 16.5. The molecule has 1 aromatic carbocycles. The zero-order valence-corrected chi connectivity index (χ0v) is 16.8. The molecule has 1 unspecified atom stereocenters. The van der Waals surface area contributed by atoms with Crippen molar-refractivity contribution in [3.05, 3.63) is 53.3 Å². The summed E-state index contributed by atoms with van der Waals surface area (Å²) < 4.78 is 11.1. The second-order valence-electron chi connectivity index (χ2n) is 6.35. The third-order valence-corrected chi connectivity index (χ3v) is 4.30. The van der Waals surface area contributed by atoms with Gasteiger partial charge in [-0.05, 0) is 38.5 Å². The van der Waals surface area contributed by atoms with E-state index in [9.17, 15) is 4.79 Å². The number of nitrogens with one attached hydrogen (secondary N) is 1. The van der Waals surface area contributed by atoms with Crippen LogP contribution in [-0.4, -0.2) is 36.7 Å². The van der Waals surface area contributed by atoms with Crippen molar-refractivity contribution in [2.24, 2.45) is 0 Å². The monoisotopic (exact) mass is 371 g/mol. The maximum atomic E-state index is 12.7. The predicted octanol–water partition coefficient (Wildman–Crippen LogP) is 4.09. The van der Waals surface area contributed by atoms with Crippen LogP contribution in [0.2, 0.25) is 0 Å². The lowest BCUT2D eigenvalue weighted by atomic mass is 10.1. The third-order valence-electron chi connectivity index (χ3n) is 4.30. The Balaban J connectivity index is 2.11. The Kier molecular flexibility index (Phi) is 7.46. The summed E-state index contributed by atoms with van der Waals surface area (Å²) in [6, 6.07) is 11.3. The van der Waals surface area contributed by atoms with Crippen molar-refractivity contribution in [2.45, 2.75) is 39.8 Å². The minimum Gasteiger partial charge on any atom is -0.493 e. The van der Waals surface area contributed by atoms with Crippen LogP contribution in [0.3, 0.4) is 0 Å². The first kappa shape index (κ1) is 20.6. The number of methoxy groups -OCH3 is 1. The number of amides is 2. The third kappa shape index (κ3) is 5.36. The number of ether oxygens (including phenoxy) is 2. The number of aromatic nitrogens is 1. The molecule has 0 aliphatic heterocycles. The van der Waals surface area contributed by atoms with Crippen LogP contribution in [0.25, 0.3) is 0 Å². The molecule has 0 saturated carbocycles. The summed E-state index contributed by atoms with van der Waals surface area (Å²) >= 11 is 0. The minimum atomic E-state index is -0.157. The van der Waals surface area contributed by atoms with E-state index in [-0.39, 0.29) is 12.1 Å². The number of urea groups is 1. The normalized spacial score (nSPS) is 11.6. The average molecular weight is 371 g/mol. The van der Waals surface area contributed by atoms with Gasteiger partial charge in [-0.25, -0.2) is 4.79 Å². The average Bonchev–Trinajstić information content (AvgIpc) is 2.67. The molecule has 1 N–H and O–H groups in total. The lowest BCUT2D eigenvalue weighted by Gasteiger charge is -2.24. The van der Waals surface area contributed by atoms with Crippen LogP contribution in [0, 0.1) is 6.92 Å². The molecule has 0 bridgehead atoms. The lowest BCUT2D eigenvalue weighted by Crippen LogP contribution is -2.39.